The van der Waals surface area contributed by atoms with Crippen LogP contribution in [0.25, 0.3) is 0 Å². The van der Waals surface area contributed by atoms with Crippen LogP contribution in [0.2, 0.25) is 0 Å². The number of hydrogen-bond donors (Lipinski definition) is 1. The lowest BCUT2D eigenvalue weighted by atomic mass is 10.1. The molecule has 1 rings (SSSR count). The van der Waals surface area contributed by atoms with Crippen molar-refractivity contribution in [3.63, 3.8) is 0 Å². The molecule has 3 nitrogen and oxygen atoms in total. The van der Waals surface area contributed by atoms with E-state index < -0.39 is 0 Å². The van der Waals surface area contributed by atoms with Crippen molar-refractivity contribution >= 4 is 0 Å². The SMILES string of the molecule is CCOc1ccc(CCN(C)CCCCN)cc1F. The minimum absolute atomic E-state index is 0.273. The maximum Gasteiger partial charge on any atom is 0.165 e. The largest absolute Gasteiger partial charge is 0.491 e. The van der Waals surface area contributed by atoms with Crippen molar-refractivity contribution in [3.05, 3.63) is 29.6 Å². The molecule has 1 aromatic carbocycles. The summed E-state index contributed by atoms with van der Waals surface area (Å²) in [7, 11) is 2.08. The standard InChI is InChI=1S/C15H25FN2O/c1-3-19-15-7-6-13(12-14(15)16)8-11-18(2)10-5-4-9-17/h6-7,12H,3-5,8-11,17H2,1-2H3. The highest BCUT2D eigenvalue weighted by Gasteiger charge is 2.05. The summed E-state index contributed by atoms with van der Waals surface area (Å²) in [6.45, 7) is 5.05. The van der Waals surface area contributed by atoms with Gasteiger partial charge < -0.3 is 15.4 Å². The summed E-state index contributed by atoms with van der Waals surface area (Å²) >= 11 is 0. The van der Waals surface area contributed by atoms with Crippen LogP contribution in [0, 0.1) is 5.82 Å². The molecular weight excluding hydrogens is 243 g/mol. The zero-order chi connectivity index (χ0) is 14.1. The van der Waals surface area contributed by atoms with Gasteiger partial charge in [0, 0.05) is 6.54 Å². The molecule has 19 heavy (non-hydrogen) atoms. The third-order valence-electron chi connectivity index (χ3n) is 3.07. The fraction of sp³-hybridized carbons (Fsp3) is 0.600. The summed E-state index contributed by atoms with van der Waals surface area (Å²) in [5, 5.41) is 0. The van der Waals surface area contributed by atoms with E-state index in [0.29, 0.717) is 12.4 Å². The first kappa shape index (κ1) is 15.9. The summed E-state index contributed by atoms with van der Waals surface area (Å²) in [5.74, 6) is 0.0627. The molecule has 0 saturated carbocycles. The van der Waals surface area contributed by atoms with Gasteiger partial charge in [0.25, 0.3) is 0 Å². The van der Waals surface area contributed by atoms with Crippen molar-refractivity contribution in [2.45, 2.75) is 26.2 Å². The van der Waals surface area contributed by atoms with Gasteiger partial charge in [-0.05, 0) is 64.0 Å². The maximum absolute atomic E-state index is 13.7. The van der Waals surface area contributed by atoms with Crippen molar-refractivity contribution in [2.24, 2.45) is 5.73 Å². The molecule has 0 fully saturated rings. The molecule has 0 spiro atoms. The van der Waals surface area contributed by atoms with Gasteiger partial charge in [0.15, 0.2) is 11.6 Å². The van der Waals surface area contributed by atoms with E-state index in [1.165, 1.54) is 0 Å². The van der Waals surface area contributed by atoms with Crippen LogP contribution >= 0.6 is 0 Å². The number of ether oxygens (including phenoxy) is 1. The molecule has 0 aliphatic rings. The molecule has 0 aromatic heterocycles. The lowest BCUT2D eigenvalue weighted by Crippen LogP contribution is -2.23. The Morgan fingerprint density at radius 1 is 1.26 bits per heavy atom. The molecule has 0 heterocycles. The first-order valence-electron chi connectivity index (χ1n) is 6.97. The van der Waals surface area contributed by atoms with Gasteiger partial charge in [-0.25, -0.2) is 4.39 Å². The predicted octanol–water partition coefficient (Wildman–Crippen LogP) is 2.44. The second-order valence-corrected chi connectivity index (χ2v) is 4.75. The average molecular weight is 268 g/mol. The number of nitrogens with zero attached hydrogens (tertiary/aromatic N) is 1. The van der Waals surface area contributed by atoms with Crippen LogP contribution in [0.15, 0.2) is 18.2 Å². The number of hydrogen-bond acceptors (Lipinski definition) is 3. The quantitative estimate of drug-likeness (QED) is 0.699. The van der Waals surface area contributed by atoms with Gasteiger partial charge in [0.05, 0.1) is 6.61 Å². The molecule has 1 aromatic rings. The molecule has 0 amide bonds. The Labute approximate surface area is 115 Å². The number of benzene rings is 1. The number of unbranched alkanes of at least 4 members (excludes halogenated alkanes) is 1. The lowest BCUT2D eigenvalue weighted by molar-refractivity contribution is 0.320. The van der Waals surface area contributed by atoms with Crippen molar-refractivity contribution in [1.82, 2.24) is 4.90 Å². The van der Waals surface area contributed by atoms with Crippen LogP contribution in [-0.2, 0) is 6.42 Å². The Balaban J connectivity index is 2.38. The van der Waals surface area contributed by atoms with Crippen LogP contribution in [-0.4, -0.2) is 38.2 Å². The summed E-state index contributed by atoms with van der Waals surface area (Å²) in [4.78, 5) is 2.25. The first-order valence-corrected chi connectivity index (χ1v) is 6.97. The van der Waals surface area contributed by atoms with E-state index in [1.54, 1.807) is 12.1 Å². The molecule has 4 heteroatoms. The molecule has 0 bridgehead atoms. The highest BCUT2D eigenvalue weighted by atomic mass is 19.1. The average Bonchev–Trinajstić information content (AvgIpc) is 2.40. The van der Waals surface area contributed by atoms with Crippen molar-refractivity contribution < 1.29 is 9.13 Å². The monoisotopic (exact) mass is 268 g/mol. The molecular formula is C15H25FN2O. The second-order valence-electron chi connectivity index (χ2n) is 4.75. The summed E-state index contributed by atoms with van der Waals surface area (Å²) in [6, 6.07) is 5.21. The van der Waals surface area contributed by atoms with Crippen molar-refractivity contribution in [2.75, 3.05) is 33.3 Å². The zero-order valence-corrected chi connectivity index (χ0v) is 12.0. The predicted molar refractivity (Wildman–Crippen MR) is 77.1 cm³/mol. The van der Waals surface area contributed by atoms with Gasteiger partial charge in [-0.2, -0.15) is 0 Å². The first-order chi connectivity index (χ1) is 9.17. The molecule has 0 atom stereocenters. The highest BCUT2D eigenvalue weighted by molar-refractivity contribution is 5.29. The third-order valence-corrected chi connectivity index (χ3v) is 3.07. The van der Waals surface area contributed by atoms with Crippen LogP contribution in [0.5, 0.6) is 5.75 Å². The zero-order valence-electron chi connectivity index (χ0n) is 12.0. The van der Waals surface area contributed by atoms with E-state index >= 15 is 0 Å². The Morgan fingerprint density at radius 2 is 2.05 bits per heavy atom. The van der Waals surface area contributed by atoms with Gasteiger partial charge in [0.2, 0.25) is 0 Å². The molecule has 0 aliphatic carbocycles. The number of nitrogens with two attached hydrogens (primary N) is 1. The fourth-order valence-corrected chi connectivity index (χ4v) is 1.93. The van der Waals surface area contributed by atoms with Crippen LogP contribution in [0.3, 0.4) is 0 Å². The Morgan fingerprint density at radius 3 is 2.68 bits per heavy atom. The van der Waals surface area contributed by atoms with Gasteiger partial charge >= 0.3 is 0 Å². The minimum Gasteiger partial charge on any atom is -0.491 e. The number of likely N-dealkylation sites (N-methyl/N-ethyl adjacent to an activating group) is 1. The van der Waals surface area contributed by atoms with Crippen molar-refractivity contribution in [3.8, 4) is 5.75 Å². The van der Waals surface area contributed by atoms with Gasteiger partial charge in [-0.3, -0.25) is 0 Å². The fourth-order valence-electron chi connectivity index (χ4n) is 1.93. The van der Waals surface area contributed by atoms with Crippen LogP contribution in [0.1, 0.15) is 25.3 Å². The lowest BCUT2D eigenvalue weighted by Gasteiger charge is -2.16. The Bertz CT molecular complexity index is 371. The Hall–Kier alpha value is -1.13. The Kier molecular flexibility index (Phi) is 7.45. The number of halogens is 1. The smallest absolute Gasteiger partial charge is 0.165 e. The number of rotatable bonds is 9. The summed E-state index contributed by atoms with van der Waals surface area (Å²) < 4.78 is 18.8. The molecule has 0 unspecified atom stereocenters. The van der Waals surface area contributed by atoms with Gasteiger partial charge in [0.1, 0.15) is 0 Å². The molecule has 0 saturated heterocycles. The molecule has 0 radical (unpaired) electrons. The normalized spacial score (nSPS) is 11.0. The van der Waals surface area contributed by atoms with Crippen molar-refractivity contribution in [1.29, 1.82) is 0 Å². The maximum atomic E-state index is 13.7. The van der Waals surface area contributed by atoms with Gasteiger partial charge in [-0.15, -0.1) is 0 Å². The third kappa shape index (κ3) is 6.03. The molecule has 108 valence electrons. The highest BCUT2D eigenvalue weighted by Crippen LogP contribution is 2.18. The van der Waals surface area contributed by atoms with E-state index in [2.05, 4.69) is 11.9 Å². The van der Waals surface area contributed by atoms with E-state index in [0.717, 1.165) is 44.5 Å². The van der Waals surface area contributed by atoms with Crippen LogP contribution in [0.4, 0.5) is 4.39 Å². The summed E-state index contributed by atoms with van der Waals surface area (Å²) in [5.41, 5.74) is 6.47. The summed E-state index contributed by atoms with van der Waals surface area (Å²) in [6.07, 6.45) is 3.02. The van der Waals surface area contributed by atoms with E-state index in [9.17, 15) is 4.39 Å². The van der Waals surface area contributed by atoms with E-state index in [1.807, 2.05) is 13.0 Å². The molecule has 0 aliphatic heterocycles. The van der Waals surface area contributed by atoms with Gasteiger partial charge in [-0.1, -0.05) is 6.07 Å². The minimum atomic E-state index is -0.273. The van der Waals surface area contributed by atoms with E-state index in [-0.39, 0.29) is 5.82 Å². The topological polar surface area (TPSA) is 38.5 Å². The van der Waals surface area contributed by atoms with Crippen LogP contribution < -0.4 is 10.5 Å². The second kappa shape index (κ2) is 8.88. The molecule has 2 N–H and O–H groups in total. The van der Waals surface area contributed by atoms with E-state index in [4.69, 9.17) is 10.5 Å².